The second kappa shape index (κ2) is 8.28. The first-order chi connectivity index (χ1) is 12.0. The highest BCUT2D eigenvalue weighted by molar-refractivity contribution is 5.94. The van der Waals surface area contributed by atoms with E-state index in [4.69, 9.17) is 4.74 Å². The number of amides is 1. The number of anilines is 1. The van der Waals surface area contributed by atoms with Crippen molar-refractivity contribution in [3.8, 4) is 11.6 Å². The van der Waals surface area contributed by atoms with Crippen molar-refractivity contribution >= 4 is 17.6 Å². The van der Waals surface area contributed by atoms with Crippen LogP contribution in [0.25, 0.3) is 0 Å². The molecule has 132 valence electrons. The maximum absolute atomic E-state index is 12.3. The largest absolute Gasteiger partial charge is 0.481 e. The summed E-state index contributed by atoms with van der Waals surface area (Å²) in [5, 5.41) is 12.2. The van der Waals surface area contributed by atoms with Crippen LogP contribution in [0.3, 0.4) is 0 Å². The van der Waals surface area contributed by atoms with Crippen LogP contribution in [0.15, 0.2) is 48.7 Å². The zero-order valence-electron chi connectivity index (χ0n) is 14.4. The van der Waals surface area contributed by atoms with E-state index in [-0.39, 0.29) is 12.3 Å². The zero-order chi connectivity index (χ0) is 18.3. The van der Waals surface area contributed by atoms with Gasteiger partial charge in [0.05, 0.1) is 5.41 Å². The topological polar surface area (TPSA) is 88.5 Å². The molecule has 0 radical (unpaired) electrons. The minimum absolute atomic E-state index is 0.0688. The molecule has 1 aromatic heterocycles. The van der Waals surface area contributed by atoms with Gasteiger partial charge >= 0.3 is 5.97 Å². The maximum Gasteiger partial charge on any atom is 0.310 e. The number of carbonyl (C=O) groups excluding carboxylic acids is 1. The van der Waals surface area contributed by atoms with Gasteiger partial charge < -0.3 is 15.2 Å². The number of benzene rings is 1. The summed E-state index contributed by atoms with van der Waals surface area (Å²) in [5.74, 6) is -0.291. The van der Waals surface area contributed by atoms with Crippen molar-refractivity contribution in [1.82, 2.24) is 4.98 Å². The number of ether oxygens (including phenoxy) is 1. The molecule has 0 atom stereocenters. The standard InChI is InChI=1S/C19H22N2O4/c1-3-19(4-2,18(23)24)13-16(22)21-14-8-7-9-15(12-14)25-17-10-5-6-11-20-17/h5-12H,3-4,13H2,1-2H3,(H,21,22)(H,23,24). The van der Waals surface area contributed by atoms with Crippen molar-refractivity contribution in [3.05, 3.63) is 48.7 Å². The summed E-state index contributed by atoms with van der Waals surface area (Å²) in [7, 11) is 0. The molecule has 6 heteroatoms. The number of carboxylic acid groups (broad SMARTS) is 1. The third-order valence-corrected chi connectivity index (χ3v) is 4.28. The van der Waals surface area contributed by atoms with E-state index in [0.717, 1.165) is 0 Å². The molecule has 2 aromatic rings. The van der Waals surface area contributed by atoms with Gasteiger partial charge in [0.1, 0.15) is 5.75 Å². The second-order valence-corrected chi connectivity index (χ2v) is 5.82. The molecule has 1 amide bonds. The normalized spacial score (nSPS) is 11.0. The van der Waals surface area contributed by atoms with E-state index in [2.05, 4.69) is 10.3 Å². The molecule has 0 unspecified atom stereocenters. The van der Waals surface area contributed by atoms with Crippen LogP contribution in [0.5, 0.6) is 11.6 Å². The first-order valence-electron chi connectivity index (χ1n) is 8.21. The number of aromatic nitrogens is 1. The van der Waals surface area contributed by atoms with Gasteiger partial charge in [0.25, 0.3) is 0 Å². The third kappa shape index (κ3) is 4.79. The number of aliphatic carboxylic acids is 1. The molecule has 2 N–H and O–H groups in total. The molecule has 0 aliphatic heterocycles. The van der Waals surface area contributed by atoms with Gasteiger partial charge in [0, 0.05) is 30.4 Å². The summed E-state index contributed by atoms with van der Waals surface area (Å²) in [6.45, 7) is 3.57. The Morgan fingerprint density at radius 1 is 1.16 bits per heavy atom. The van der Waals surface area contributed by atoms with Gasteiger partial charge in [-0.2, -0.15) is 0 Å². The van der Waals surface area contributed by atoms with Crippen LogP contribution in [0.2, 0.25) is 0 Å². The van der Waals surface area contributed by atoms with Crippen LogP contribution < -0.4 is 10.1 Å². The van der Waals surface area contributed by atoms with Crippen molar-refractivity contribution in [3.63, 3.8) is 0 Å². The van der Waals surface area contributed by atoms with Crippen molar-refractivity contribution < 1.29 is 19.4 Å². The molecule has 0 fully saturated rings. The number of carboxylic acids is 1. The fourth-order valence-electron chi connectivity index (χ4n) is 2.56. The lowest BCUT2D eigenvalue weighted by Crippen LogP contribution is -2.34. The fraction of sp³-hybridized carbons (Fsp3) is 0.316. The SMILES string of the molecule is CCC(CC)(CC(=O)Nc1cccc(Oc2ccccn2)c1)C(=O)O. The van der Waals surface area contributed by atoms with Gasteiger partial charge in [0.15, 0.2) is 0 Å². The number of hydrogen-bond donors (Lipinski definition) is 2. The van der Waals surface area contributed by atoms with Crippen LogP contribution >= 0.6 is 0 Å². The van der Waals surface area contributed by atoms with Crippen LogP contribution in [-0.4, -0.2) is 22.0 Å². The third-order valence-electron chi connectivity index (χ3n) is 4.28. The van der Waals surface area contributed by atoms with Crippen LogP contribution in [-0.2, 0) is 9.59 Å². The number of carbonyl (C=O) groups is 2. The highest BCUT2D eigenvalue weighted by Crippen LogP contribution is 2.31. The lowest BCUT2D eigenvalue weighted by Gasteiger charge is -2.25. The minimum Gasteiger partial charge on any atom is -0.481 e. The van der Waals surface area contributed by atoms with E-state index in [9.17, 15) is 14.7 Å². The van der Waals surface area contributed by atoms with E-state index in [1.165, 1.54) is 0 Å². The summed E-state index contributed by atoms with van der Waals surface area (Å²) in [6, 6.07) is 12.2. The van der Waals surface area contributed by atoms with Gasteiger partial charge in [-0.1, -0.05) is 26.0 Å². The predicted molar refractivity (Wildman–Crippen MR) is 94.7 cm³/mol. The Kier molecular flexibility index (Phi) is 6.11. The number of nitrogens with one attached hydrogen (secondary N) is 1. The van der Waals surface area contributed by atoms with Crippen LogP contribution in [0.4, 0.5) is 5.69 Å². The summed E-state index contributed by atoms with van der Waals surface area (Å²) in [4.78, 5) is 27.9. The first-order valence-corrected chi connectivity index (χ1v) is 8.21. The smallest absolute Gasteiger partial charge is 0.310 e. The second-order valence-electron chi connectivity index (χ2n) is 5.82. The van der Waals surface area contributed by atoms with Gasteiger partial charge in [-0.05, 0) is 31.0 Å². The predicted octanol–water partition coefficient (Wildman–Crippen LogP) is 4.09. The van der Waals surface area contributed by atoms with Crippen molar-refractivity contribution in [1.29, 1.82) is 0 Å². The Morgan fingerprint density at radius 2 is 1.92 bits per heavy atom. The molecule has 1 aromatic carbocycles. The molecule has 0 bridgehead atoms. The molecule has 0 spiro atoms. The average Bonchev–Trinajstić information content (AvgIpc) is 2.60. The number of pyridine rings is 1. The Bertz CT molecular complexity index is 727. The number of rotatable bonds is 8. The molecule has 6 nitrogen and oxygen atoms in total. The molecule has 0 aliphatic carbocycles. The van der Waals surface area contributed by atoms with Gasteiger partial charge in [0.2, 0.25) is 11.8 Å². The van der Waals surface area contributed by atoms with Crippen molar-refractivity contribution in [2.24, 2.45) is 5.41 Å². The molecule has 0 aliphatic rings. The number of nitrogens with zero attached hydrogens (tertiary/aromatic N) is 1. The quantitative estimate of drug-likeness (QED) is 0.754. The summed E-state index contributed by atoms with van der Waals surface area (Å²) >= 11 is 0. The van der Waals surface area contributed by atoms with E-state index >= 15 is 0 Å². The lowest BCUT2D eigenvalue weighted by molar-refractivity contribution is -0.151. The molecule has 25 heavy (non-hydrogen) atoms. The summed E-state index contributed by atoms with van der Waals surface area (Å²) in [6.07, 6.45) is 2.35. The summed E-state index contributed by atoms with van der Waals surface area (Å²) in [5.41, 5.74) is -0.489. The molecular formula is C19H22N2O4. The Morgan fingerprint density at radius 3 is 2.52 bits per heavy atom. The first kappa shape index (κ1) is 18.4. The number of hydrogen-bond acceptors (Lipinski definition) is 4. The maximum atomic E-state index is 12.3. The van der Waals surface area contributed by atoms with Crippen molar-refractivity contribution in [2.45, 2.75) is 33.1 Å². The minimum atomic E-state index is -1.04. The van der Waals surface area contributed by atoms with E-state index in [1.54, 1.807) is 56.4 Å². The molecule has 0 saturated carbocycles. The van der Waals surface area contributed by atoms with E-state index in [0.29, 0.717) is 30.2 Å². The highest BCUT2D eigenvalue weighted by atomic mass is 16.5. The zero-order valence-corrected chi connectivity index (χ0v) is 14.4. The van der Waals surface area contributed by atoms with Crippen LogP contribution in [0.1, 0.15) is 33.1 Å². The Labute approximate surface area is 146 Å². The molecular weight excluding hydrogens is 320 g/mol. The highest BCUT2D eigenvalue weighted by Gasteiger charge is 2.37. The molecule has 2 rings (SSSR count). The van der Waals surface area contributed by atoms with Gasteiger partial charge in [-0.25, -0.2) is 4.98 Å². The fourth-order valence-corrected chi connectivity index (χ4v) is 2.56. The van der Waals surface area contributed by atoms with Gasteiger partial charge in [-0.15, -0.1) is 0 Å². The lowest BCUT2D eigenvalue weighted by atomic mass is 9.79. The molecule has 1 heterocycles. The Hall–Kier alpha value is -2.89. The van der Waals surface area contributed by atoms with E-state index < -0.39 is 11.4 Å². The van der Waals surface area contributed by atoms with E-state index in [1.807, 2.05) is 6.07 Å². The van der Waals surface area contributed by atoms with Crippen LogP contribution in [0, 0.1) is 5.41 Å². The molecule has 0 saturated heterocycles. The van der Waals surface area contributed by atoms with Gasteiger partial charge in [-0.3, -0.25) is 9.59 Å². The average molecular weight is 342 g/mol. The Balaban J connectivity index is 2.06. The van der Waals surface area contributed by atoms with Crippen molar-refractivity contribution in [2.75, 3.05) is 5.32 Å². The monoisotopic (exact) mass is 342 g/mol. The summed E-state index contributed by atoms with van der Waals surface area (Å²) < 4.78 is 5.63.